The molecule has 0 unspecified atom stereocenters. The Kier molecular flexibility index (Phi) is 6.71. The third-order valence-corrected chi connectivity index (χ3v) is 3.85. The van der Waals surface area contributed by atoms with Crippen molar-refractivity contribution in [1.29, 1.82) is 0 Å². The fourth-order valence-electron chi connectivity index (χ4n) is 2.33. The number of hydrogen-bond donors (Lipinski definition) is 1. The van der Waals surface area contributed by atoms with E-state index in [1.54, 1.807) is 0 Å². The summed E-state index contributed by atoms with van der Waals surface area (Å²) in [5.41, 5.74) is 0.203. The summed E-state index contributed by atoms with van der Waals surface area (Å²) in [6, 6.07) is 11.2. The van der Waals surface area contributed by atoms with Gasteiger partial charge in [-0.3, -0.25) is 18.7 Å². The van der Waals surface area contributed by atoms with E-state index in [9.17, 15) is 14.4 Å². The lowest BCUT2D eigenvalue weighted by Gasteiger charge is -2.13. The maximum atomic E-state index is 11.9. The Hall–Kier alpha value is -2.67. The molecule has 1 aromatic heterocycles. The monoisotopic (exact) mass is 345 g/mol. The Morgan fingerprint density at radius 3 is 2.64 bits per heavy atom. The Morgan fingerprint density at radius 1 is 1.20 bits per heavy atom. The van der Waals surface area contributed by atoms with E-state index in [0.717, 1.165) is 10.1 Å². The van der Waals surface area contributed by atoms with Gasteiger partial charge in [-0.05, 0) is 18.9 Å². The number of rotatable bonds is 8. The van der Waals surface area contributed by atoms with Crippen LogP contribution in [-0.4, -0.2) is 28.2 Å². The minimum absolute atomic E-state index is 0.00100. The van der Waals surface area contributed by atoms with Crippen molar-refractivity contribution < 1.29 is 9.53 Å². The molecule has 1 atom stereocenters. The molecule has 0 fully saturated rings. The maximum absolute atomic E-state index is 11.9. The van der Waals surface area contributed by atoms with Gasteiger partial charge >= 0.3 is 5.69 Å². The number of carbonyl (C=O) groups is 1. The van der Waals surface area contributed by atoms with E-state index in [2.05, 4.69) is 5.32 Å². The van der Waals surface area contributed by atoms with Crippen LogP contribution >= 0.6 is 0 Å². The molecule has 134 valence electrons. The molecule has 1 aromatic carbocycles. The second-order valence-corrected chi connectivity index (χ2v) is 5.75. The Balaban J connectivity index is 1.70. The maximum Gasteiger partial charge on any atom is 0.331 e. The molecule has 7 nitrogen and oxygen atoms in total. The molecule has 0 saturated heterocycles. The quantitative estimate of drug-likeness (QED) is 0.719. The molecule has 0 bridgehead atoms. The second-order valence-electron chi connectivity index (χ2n) is 5.75. The molecule has 0 spiro atoms. The lowest BCUT2D eigenvalue weighted by Crippen LogP contribution is -2.40. The van der Waals surface area contributed by atoms with Gasteiger partial charge in [0.05, 0.1) is 6.10 Å². The van der Waals surface area contributed by atoms with Crippen molar-refractivity contribution in [2.45, 2.75) is 26.0 Å². The molecule has 0 aliphatic carbocycles. The average Bonchev–Trinajstić information content (AvgIpc) is 2.62. The Bertz CT molecular complexity index is 811. The van der Waals surface area contributed by atoms with Gasteiger partial charge in [0, 0.05) is 32.5 Å². The highest BCUT2D eigenvalue weighted by molar-refractivity contribution is 5.75. The summed E-state index contributed by atoms with van der Waals surface area (Å²) in [6.07, 6.45) is 2.00. The van der Waals surface area contributed by atoms with Gasteiger partial charge in [0.15, 0.2) is 0 Å². The number of nitrogens with one attached hydrogen (secondary N) is 1. The predicted octanol–water partition coefficient (Wildman–Crippen LogP) is 0.831. The SMILES string of the molecule is C[C@@H](OCCCNC(=O)Cn1ccc(=O)n(C)c1=O)c1ccccc1. The van der Waals surface area contributed by atoms with Crippen LogP contribution in [0.5, 0.6) is 0 Å². The first kappa shape index (κ1) is 18.7. The standard InChI is InChI=1S/C18H23N3O4/c1-14(15-7-4-3-5-8-15)25-12-6-10-19-16(22)13-21-11-9-17(23)20(2)18(21)24/h3-5,7-9,11,14H,6,10,12-13H2,1-2H3,(H,19,22)/t14-/m1/s1. The first-order valence-corrected chi connectivity index (χ1v) is 8.19. The summed E-state index contributed by atoms with van der Waals surface area (Å²) in [5.74, 6) is -0.281. The zero-order chi connectivity index (χ0) is 18.2. The minimum Gasteiger partial charge on any atom is -0.374 e. The highest BCUT2D eigenvalue weighted by Gasteiger charge is 2.07. The fourth-order valence-corrected chi connectivity index (χ4v) is 2.33. The van der Waals surface area contributed by atoms with Gasteiger partial charge in [0.1, 0.15) is 6.54 Å². The van der Waals surface area contributed by atoms with Crippen molar-refractivity contribution in [1.82, 2.24) is 14.5 Å². The Morgan fingerprint density at radius 2 is 1.92 bits per heavy atom. The Labute approximate surface area is 145 Å². The number of nitrogens with zero attached hydrogens (tertiary/aromatic N) is 2. The van der Waals surface area contributed by atoms with E-state index in [0.29, 0.717) is 19.6 Å². The number of amides is 1. The van der Waals surface area contributed by atoms with Gasteiger partial charge in [-0.2, -0.15) is 0 Å². The van der Waals surface area contributed by atoms with Gasteiger partial charge in [0.25, 0.3) is 5.56 Å². The molecular weight excluding hydrogens is 322 g/mol. The smallest absolute Gasteiger partial charge is 0.331 e. The molecule has 1 amide bonds. The summed E-state index contributed by atoms with van der Waals surface area (Å²) in [5, 5.41) is 2.74. The normalized spacial score (nSPS) is 11.9. The van der Waals surface area contributed by atoms with Crippen molar-refractivity contribution in [3.63, 3.8) is 0 Å². The molecule has 7 heteroatoms. The predicted molar refractivity (Wildman–Crippen MR) is 94.4 cm³/mol. The summed E-state index contributed by atoms with van der Waals surface area (Å²) >= 11 is 0. The number of benzene rings is 1. The zero-order valence-electron chi connectivity index (χ0n) is 14.5. The van der Waals surface area contributed by atoms with Crippen LogP contribution in [0.2, 0.25) is 0 Å². The van der Waals surface area contributed by atoms with Gasteiger partial charge in [-0.15, -0.1) is 0 Å². The molecular formula is C18H23N3O4. The summed E-state index contributed by atoms with van der Waals surface area (Å²) in [7, 11) is 1.38. The molecule has 25 heavy (non-hydrogen) atoms. The van der Waals surface area contributed by atoms with Gasteiger partial charge in [-0.25, -0.2) is 4.79 Å². The fraction of sp³-hybridized carbons (Fsp3) is 0.389. The molecule has 1 heterocycles. The highest BCUT2D eigenvalue weighted by Crippen LogP contribution is 2.15. The number of aromatic nitrogens is 2. The zero-order valence-corrected chi connectivity index (χ0v) is 14.5. The molecule has 2 rings (SSSR count). The number of carbonyl (C=O) groups excluding carboxylic acids is 1. The van der Waals surface area contributed by atoms with Crippen molar-refractivity contribution >= 4 is 5.91 Å². The molecule has 0 radical (unpaired) electrons. The van der Waals surface area contributed by atoms with Crippen LogP contribution in [0.1, 0.15) is 25.0 Å². The van der Waals surface area contributed by atoms with Crippen LogP contribution in [0.25, 0.3) is 0 Å². The summed E-state index contributed by atoms with van der Waals surface area (Å²) in [4.78, 5) is 35.0. The van der Waals surface area contributed by atoms with Crippen LogP contribution in [0.4, 0.5) is 0 Å². The first-order chi connectivity index (χ1) is 12.0. The molecule has 1 N–H and O–H groups in total. The van der Waals surface area contributed by atoms with E-state index in [1.807, 2.05) is 37.3 Å². The van der Waals surface area contributed by atoms with Crippen molar-refractivity contribution in [2.24, 2.45) is 7.05 Å². The van der Waals surface area contributed by atoms with Crippen molar-refractivity contribution in [3.8, 4) is 0 Å². The topological polar surface area (TPSA) is 82.3 Å². The van der Waals surface area contributed by atoms with Crippen LogP contribution in [0, 0.1) is 0 Å². The van der Waals surface area contributed by atoms with E-state index < -0.39 is 11.2 Å². The minimum atomic E-state index is -0.511. The lowest BCUT2D eigenvalue weighted by atomic mass is 10.1. The lowest BCUT2D eigenvalue weighted by molar-refractivity contribution is -0.121. The van der Waals surface area contributed by atoms with E-state index >= 15 is 0 Å². The molecule has 2 aromatic rings. The third kappa shape index (κ3) is 5.42. The van der Waals surface area contributed by atoms with Gasteiger partial charge in [0.2, 0.25) is 5.91 Å². The van der Waals surface area contributed by atoms with Gasteiger partial charge in [-0.1, -0.05) is 30.3 Å². The molecule has 0 saturated carbocycles. The van der Waals surface area contributed by atoms with Crippen LogP contribution < -0.4 is 16.6 Å². The summed E-state index contributed by atoms with van der Waals surface area (Å²) in [6.45, 7) is 2.85. The highest BCUT2D eigenvalue weighted by atomic mass is 16.5. The van der Waals surface area contributed by atoms with E-state index in [-0.39, 0.29) is 18.6 Å². The first-order valence-electron chi connectivity index (χ1n) is 8.19. The number of ether oxygens (including phenoxy) is 1. The van der Waals surface area contributed by atoms with Crippen LogP contribution in [-0.2, 0) is 23.1 Å². The molecule has 0 aliphatic rings. The average molecular weight is 345 g/mol. The van der Waals surface area contributed by atoms with Crippen molar-refractivity contribution in [2.75, 3.05) is 13.2 Å². The van der Waals surface area contributed by atoms with Crippen LogP contribution in [0.15, 0.2) is 52.2 Å². The second kappa shape index (κ2) is 8.98. The largest absolute Gasteiger partial charge is 0.374 e. The number of hydrogen-bond acceptors (Lipinski definition) is 4. The van der Waals surface area contributed by atoms with Gasteiger partial charge < -0.3 is 10.1 Å². The molecule has 0 aliphatic heterocycles. The van der Waals surface area contributed by atoms with Crippen LogP contribution in [0.3, 0.4) is 0 Å². The summed E-state index contributed by atoms with van der Waals surface area (Å²) < 4.78 is 7.90. The van der Waals surface area contributed by atoms with E-state index in [1.165, 1.54) is 23.9 Å². The van der Waals surface area contributed by atoms with E-state index in [4.69, 9.17) is 4.74 Å². The van der Waals surface area contributed by atoms with Crippen molar-refractivity contribution in [3.05, 3.63) is 69.0 Å². The third-order valence-electron chi connectivity index (χ3n) is 3.85.